The molecule has 0 radical (unpaired) electrons. The first-order valence-corrected chi connectivity index (χ1v) is 9.88. The van der Waals surface area contributed by atoms with E-state index in [2.05, 4.69) is 10.3 Å². The number of aromatic nitrogens is 1. The average Bonchev–Trinajstić information content (AvgIpc) is 3.59. The fourth-order valence-corrected chi connectivity index (χ4v) is 3.17. The Balaban J connectivity index is 1.70. The fraction of sp³-hybridized carbons (Fsp3) is 0.455. The van der Waals surface area contributed by atoms with Gasteiger partial charge in [-0.05, 0) is 30.9 Å². The number of carbonyl (C=O) groups is 3. The molecular weight excluding hydrogens is 372 g/mol. The number of amides is 1. The van der Waals surface area contributed by atoms with E-state index in [0.29, 0.717) is 23.3 Å². The van der Waals surface area contributed by atoms with Crippen LogP contribution in [0.25, 0.3) is 10.9 Å². The summed E-state index contributed by atoms with van der Waals surface area (Å²) in [6, 6.07) is 8.35. The van der Waals surface area contributed by atoms with Crippen molar-refractivity contribution in [3.63, 3.8) is 0 Å². The van der Waals surface area contributed by atoms with E-state index >= 15 is 0 Å². The molecule has 0 aliphatic heterocycles. The van der Waals surface area contributed by atoms with Gasteiger partial charge in [-0.25, -0.2) is 9.59 Å². The summed E-state index contributed by atoms with van der Waals surface area (Å²) in [5.41, 5.74) is 2.01. The van der Waals surface area contributed by atoms with Gasteiger partial charge in [0.2, 0.25) is 0 Å². The monoisotopic (exact) mass is 398 g/mol. The molecule has 1 fully saturated rings. The number of pyridine rings is 1. The summed E-state index contributed by atoms with van der Waals surface area (Å²) in [6.45, 7) is 3.29. The zero-order valence-electron chi connectivity index (χ0n) is 16.9. The highest BCUT2D eigenvalue weighted by Crippen LogP contribution is 2.40. The van der Waals surface area contributed by atoms with Gasteiger partial charge in [0.15, 0.2) is 6.61 Å². The first-order valence-electron chi connectivity index (χ1n) is 9.88. The Bertz CT molecular complexity index is 923. The van der Waals surface area contributed by atoms with Gasteiger partial charge in [-0.3, -0.25) is 9.78 Å². The van der Waals surface area contributed by atoms with Crippen molar-refractivity contribution in [1.29, 1.82) is 0 Å². The molecule has 1 N–H and O–H groups in total. The van der Waals surface area contributed by atoms with Crippen molar-refractivity contribution < 1.29 is 23.9 Å². The van der Waals surface area contributed by atoms with Crippen LogP contribution in [0.3, 0.4) is 0 Å². The van der Waals surface area contributed by atoms with E-state index in [9.17, 15) is 14.4 Å². The molecule has 2 atom stereocenters. The van der Waals surface area contributed by atoms with Gasteiger partial charge in [-0.15, -0.1) is 0 Å². The molecule has 1 saturated carbocycles. The number of rotatable bonds is 8. The molecule has 3 rings (SSSR count). The number of benzene rings is 1. The smallest absolute Gasteiger partial charge is 0.339 e. The molecule has 0 saturated heterocycles. The zero-order valence-corrected chi connectivity index (χ0v) is 16.9. The molecule has 1 amide bonds. The highest BCUT2D eigenvalue weighted by atomic mass is 16.5. The van der Waals surface area contributed by atoms with Crippen LogP contribution < -0.4 is 5.32 Å². The van der Waals surface area contributed by atoms with Crippen molar-refractivity contribution >= 4 is 28.7 Å². The lowest BCUT2D eigenvalue weighted by Gasteiger charge is -2.21. The number of esters is 2. The summed E-state index contributed by atoms with van der Waals surface area (Å²) in [4.78, 5) is 41.5. The van der Waals surface area contributed by atoms with Crippen LogP contribution in [0.4, 0.5) is 0 Å². The minimum absolute atomic E-state index is 0.104. The summed E-state index contributed by atoms with van der Waals surface area (Å²) in [6.07, 6.45) is 2.81. The lowest BCUT2D eigenvalue weighted by molar-refractivity contribution is -0.147. The van der Waals surface area contributed by atoms with Gasteiger partial charge in [0, 0.05) is 17.0 Å². The van der Waals surface area contributed by atoms with Crippen molar-refractivity contribution in [3.8, 4) is 0 Å². The Morgan fingerprint density at radius 2 is 1.97 bits per heavy atom. The number of methoxy groups -OCH3 is 1. The summed E-state index contributed by atoms with van der Waals surface area (Å²) in [5, 5.41) is 3.29. The van der Waals surface area contributed by atoms with E-state index in [4.69, 9.17) is 9.47 Å². The molecule has 1 aromatic carbocycles. The summed E-state index contributed by atoms with van der Waals surface area (Å²) < 4.78 is 10.0. The number of fused-ring (bicyclic) bond motifs is 1. The molecule has 1 aliphatic carbocycles. The van der Waals surface area contributed by atoms with Crippen LogP contribution in [0.5, 0.6) is 0 Å². The third kappa shape index (κ3) is 4.91. The second kappa shape index (κ2) is 9.03. The van der Waals surface area contributed by atoms with Gasteiger partial charge in [0.25, 0.3) is 5.91 Å². The predicted octanol–water partition coefficient (Wildman–Crippen LogP) is 2.97. The number of carbonyl (C=O) groups excluding carboxylic acids is 3. The molecule has 7 nitrogen and oxygen atoms in total. The summed E-state index contributed by atoms with van der Waals surface area (Å²) in [5.74, 6) is -1.37. The van der Waals surface area contributed by atoms with Crippen molar-refractivity contribution in [2.24, 2.45) is 5.92 Å². The lowest BCUT2D eigenvalue weighted by atomic mass is 9.99. The second-order valence-corrected chi connectivity index (χ2v) is 7.42. The number of nitrogens with zero attached hydrogens (tertiary/aromatic N) is 1. The van der Waals surface area contributed by atoms with Gasteiger partial charge < -0.3 is 14.8 Å². The fourth-order valence-electron chi connectivity index (χ4n) is 3.17. The molecule has 0 unspecified atom stereocenters. The molecule has 0 spiro atoms. The van der Waals surface area contributed by atoms with Crippen LogP contribution in [0.15, 0.2) is 30.3 Å². The maximum atomic E-state index is 12.7. The summed E-state index contributed by atoms with van der Waals surface area (Å²) in [7, 11) is 1.27. The van der Waals surface area contributed by atoms with Crippen LogP contribution in [0, 0.1) is 5.92 Å². The first-order chi connectivity index (χ1) is 13.9. The quantitative estimate of drug-likeness (QED) is 0.687. The van der Waals surface area contributed by atoms with Gasteiger partial charge in [0.1, 0.15) is 6.04 Å². The Kier molecular flexibility index (Phi) is 6.46. The van der Waals surface area contributed by atoms with E-state index in [1.807, 2.05) is 38.1 Å². The Morgan fingerprint density at radius 1 is 1.24 bits per heavy atom. The number of hydrogen-bond donors (Lipinski definition) is 1. The van der Waals surface area contributed by atoms with Gasteiger partial charge in [-0.1, -0.05) is 38.5 Å². The Labute approximate surface area is 169 Å². The molecule has 1 aliphatic rings. The SMILES string of the molecule is CC[C@@H](C)[C@@H](NC(=O)COC(=O)c1cc(C2CC2)nc2ccccc12)C(=O)OC. The second-order valence-electron chi connectivity index (χ2n) is 7.42. The Hall–Kier alpha value is -2.96. The highest BCUT2D eigenvalue weighted by Gasteiger charge is 2.29. The van der Waals surface area contributed by atoms with Gasteiger partial charge in [0.05, 0.1) is 18.2 Å². The maximum absolute atomic E-state index is 12.7. The molecule has 1 heterocycles. The van der Waals surface area contributed by atoms with Crippen LogP contribution in [-0.4, -0.2) is 42.6 Å². The van der Waals surface area contributed by atoms with E-state index in [1.165, 1.54) is 7.11 Å². The predicted molar refractivity (Wildman–Crippen MR) is 107 cm³/mol. The lowest BCUT2D eigenvalue weighted by Crippen LogP contribution is -2.47. The molecule has 154 valence electrons. The average molecular weight is 398 g/mol. The Morgan fingerprint density at radius 3 is 2.62 bits per heavy atom. The van der Waals surface area contributed by atoms with Crippen molar-refractivity contribution in [2.45, 2.75) is 45.1 Å². The molecule has 7 heteroatoms. The number of hydrogen-bond acceptors (Lipinski definition) is 6. The standard InChI is InChI=1S/C22H26N2O5/c1-4-13(2)20(22(27)28-3)24-19(25)12-29-21(26)16-11-18(14-9-10-14)23-17-8-6-5-7-15(16)17/h5-8,11,13-14,20H,4,9-10,12H2,1-3H3,(H,24,25)/t13-,20-/m1/s1. The van der Waals surface area contributed by atoms with Crippen molar-refractivity contribution in [1.82, 2.24) is 10.3 Å². The van der Waals surface area contributed by atoms with E-state index in [1.54, 1.807) is 6.07 Å². The van der Waals surface area contributed by atoms with Crippen LogP contribution in [0.1, 0.15) is 55.1 Å². The minimum Gasteiger partial charge on any atom is -0.467 e. The third-order valence-corrected chi connectivity index (χ3v) is 5.27. The number of ether oxygens (including phenoxy) is 2. The van der Waals surface area contributed by atoms with Crippen molar-refractivity contribution in [2.75, 3.05) is 13.7 Å². The highest BCUT2D eigenvalue weighted by molar-refractivity contribution is 6.04. The van der Waals surface area contributed by atoms with Crippen molar-refractivity contribution in [3.05, 3.63) is 41.6 Å². The minimum atomic E-state index is -0.778. The number of nitrogens with one attached hydrogen (secondary N) is 1. The normalized spacial score (nSPS) is 15.4. The maximum Gasteiger partial charge on any atom is 0.339 e. The molecule has 0 bridgehead atoms. The first kappa shape index (κ1) is 20.8. The van der Waals surface area contributed by atoms with Gasteiger partial charge >= 0.3 is 11.9 Å². The molecular formula is C22H26N2O5. The molecule has 2 aromatic rings. The summed E-state index contributed by atoms with van der Waals surface area (Å²) >= 11 is 0. The van der Waals surface area contributed by atoms with E-state index in [-0.39, 0.29) is 5.92 Å². The topological polar surface area (TPSA) is 94.6 Å². The van der Waals surface area contributed by atoms with Crippen LogP contribution >= 0.6 is 0 Å². The van der Waals surface area contributed by atoms with Crippen LogP contribution in [-0.2, 0) is 19.1 Å². The molecule has 29 heavy (non-hydrogen) atoms. The van der Waals surface area contributed by atoms with E-state index < -0.39 is 30.5 Å². The largest absolute Gasteiger partial charge is 0.467 e. The third-order valence-electron chi connectivity index (χ3n) is 5.27. The zero-order chi connectivity index (χ0) is 21.0. The molecule has 1 aromatic heterocycles. The number of para-hydroxylation sites is 1. The van der Waals surface area contributed by atoms with Gasteiger partial charge in [-0.2, -0.15) is 0 Å². The van der Waals surface area contributed by atoms with E-state index in [0.717, 1.165) is 24.1 Å². The van der Waals surface area contributed by atoms with Crippen LogP contribution in [0.2, 0.25) is 0 Å².